The molecule has 0 bridgehead atoms. The fourth-order valence-corrected chi connectivity index (χ4v) is 1.55. The number of rotatable bonds is 5. The third kappa shape index (κ3) is 3.79. The minimum atomic E-state index is 0.286. The Morgan fingerprint density at radius 1 is 1.07 bits per heavy atom. The van der Waals surface area contributed by atoms with Crippen LogP contribution in [-0.2, 0) is 0 Å². The Hall–Kier alpha value is -1.02. The first-order valence-electron chi connectivity index (χ1n) is 5.15. The molecule has 1 rings (SSSR count). The molecule has 0 aliphatic rings. The van der Waals surface area contributed by atoms with E-state index in [2.05, 4.69) is 37.4 Å². The van der Waals surface area contributed by atoms with E-state index in [0.29, 0.717) is 0 Å². The lowest BCUT2D eigenvalue weighted by Gasteiger charge is -2.07. The molecular weight excluding hydrogens is 174 g/mol. The quantitative estimate of drug-likeness (QED) is 0.704. The lowest BCUT2D eigenvalue weighted by Crippen LogP contribution is -2.02. The number of aliphatic hydroxyl groups is 1. The maximum atomic E-state index is 8.62. The van der Waals surface area contributed by atoms with E-state index >= 15 is 0 Å². The monoisotopic (exact) mass is 193 g/mol. The van der Waals surface area contributed by atoms with Gasteiger partial charge in [0.1, 0.15) is 0 Å². The third-order valence-corrected chi connectivity index (χ3v) is 2.14. The van der Waals surface area contributed by atoms with Gasteiger partial charge in [0.15, 0.2) is 0 Å². The van der Waals surface area contributed by atoms with Crippen molar-refractivity contribution in [2.24, 2.45) is 0 Å². The molecule has 0 unspecified atom stereocenters. The molecule has 0 heterocycles. The molecule has 0 radical (unpaired) electrons. The third-order valence-electron chi connectivity index (χ3n) is 2.14. The molecule has 0 spiro atoms. The van der Waals surface area contributed by atoms with Crippen LogP contribution < -0.4 is 5.32 Å². The van der Waals surface area contributed by atoms with E-state index in [0.717, 1.165) is 19.4 Å². The topological polar surface area (TPSA) is 32.3 Å². The summed E-state index contributed by atoms with van der Waals surface area (Å²) in [6, 6.07) is 6.46. The summed E-state index contributed by atoms with van der Waals surface area (Å²) in [5.74, 6) is 0. The van der Waals surface area contributed by atoms with Crippen molar-refractivity contribution < 1.29 is 5.11 Å². The van der Waals surface area contributed by atoms with Gasteiger partial charge in [0, 0.05) is 18.8 Å². The van der Waals surface area contributed by atoms with Crippen LogP contribution in [0, 0.1) is 13.8 Å². The van der Waals surface area contributed by atoms with E-state index < -0.39 is 0 Å². The van der Waals surface area contributed by atoms with Gasteiger partial charge in [-0.15, -0.1) is 0 Å². The highest BCUT2D eigenvalue weighted by atomic mass is 16.2. The smallest absolute Gasteiger partial charge is 0.0431 e. The molecule has 1 aromatic rings. The van der Waals surface area contributed by atoms with Gasteiger partial charge in [-0.05, 0) is 49.9 Å². The Balaban J connectivity index is 2.42. The second-order valence-corrected chi connectivity index (χ2v) is 3.73. The first-order chi connectivity index (χ1) is 6.72. The minimum Gasteiger partial charge on any atom is -0.396 e. The lowest BCUT2D eigenvalue weighted by atomic mass is 10.1. The maximum absolute atomic E-state index is 8.62. The van der Waals surface area contributed by atoms with E-state index in [-0.39, 0.29) is 6.61 Å². The molecule has 0 amide bonds. The highest BCUT2D eigenvalue weighted by Crippen LogP contribution is 2.13. The van der Waals surface area contributed by atoms with Crippen LogP contribution in [-0.4, -0.2) is 18.3 Å². The highest BCUT2D eigenvalue weighted by molar-refractivity contribution is 5.48. The van der Waals surface area contributed by atoms with Crippen molar-refractivity contribution in [1.29, 1.82) is 0 Å². The second kappa shape index (κ2) is 5.66. The number of aliphatic hydroxyl groups excluding tert-OH is 1. The van der Waals surface area contributed by atoms with Crippen LogP contribution in [0.5, 0.6) is 0 Å². The number of hydrogen-bond donors (Lipinski definition) is 2. The zero-order valence-electron chi connectivity index (χ0n) is 9.01. The molecule has 0 saturated heterocycles. The number of hydrogen-bond acceptors (Lipinski definition) is 2. The van der Waals surface area contributed by atoms with Crippen LogP contribution in [0.25, 0.3) is 0 Å². The molecule has 0 saturated carbocycles. The first kappa shape index (κ1) is 11.1. The first-order valence-corrected chi connectivity index (χ1v) is 5.15. The molecule has 0 aliphatic heterocycles. The van der Waals surface area contributed by atoms with Gasteiger partial charge >= 0.3 is 0 Å². The van der Waals surface area contributed by atoms with Crippen LogP contribution in [0.15, 0.2) is 18.2 Å². The lowest BCUT2D eigenvalue weighted by molar-refractivity contribution is 0.286. The van der Waals surface area contributed by atoms with Gasteiger partial charge in [-0.25, -0.2) is 0 Å². The molecular formula is C12H19NO. The largest absolute Gasteiger partial charge is 0.396 e. The molecule has 0 aromatic heterocycles. The van der Waals surface area contributed by atoms with E-state index in [1.807, 2.05) is 0 Å². The maximum Gasteiger partial charge on any atom is 0.0431 e. The molecule has 0 atom stereocenters. The summed E-state index contributed by atoms with van der Waals surface area (Å²) in [6.07, 6.45) is 1.89. The van der Waals surface area contributed by atoms with E-state index in [1.165, 1.54) is 16.8 Å². The average molecular weight is 193 g/mol. The summed E-state index contributed by atoms with van der Waals surface area (Å²) in [7, 11) is 0. The zero-order valence-corrected chi connectivity index (χ0v) is 9.01. The number of anilines is 1. The molecule has 78 valence electrons. The van der Waals surface area contributed by atoms with Crippen LogP contribution >= 0.6 is 0 Å². The van der Waals surface area contributed by atoms with Gasteiger partial charge in [0.05, 0.1) is 0 Å². The van der Waals surface area contributed by atoms with Crippen molar-refractivity contribution in [2.45, 2.75) is 26.7 Å². The Kier molecular flexibility index (Phi) is 4.47. The van der Waals surface area contributed by atoms with E-state index in [4.69, 9.17) is 5.11 Å². The number of benzene rings is 1. The summed E-state index contributed by atoms with van der Waals surface area (Å²) >= 11 is 0. The summed E-state index contributed by atoms with van der Waals surface area (Å²) < 4.78 is 0. The van der Waals surface area contributed by atoms with E-state index in [1.54, 1.807) is 0 Å². The standard InChI is InChI=1S/C12H19NO/c1-10-7-11(2)9-12(8-10)13-5-3-4-6-14/h7-9,13-14H,3-6H2,1-2H3. The zero-order chi connectivity index (χ0) is 10.4. The summed E-state index contributed by atoms with van der Waals surface area (Å²) in [5.41, 5.74) is 3.75. The van der Waals surface area contributed by atoms with Crippen LogP contribution in [0.2, 0.25) is 0 Å². The molecule has 0 fully saturated rings. The molecule has 2 N–H and O–H groups in total. The fraction of sp³-hybridized carbons (Fsp3) is 0.500. The Bertz CT molecular complexity index is 263. The summed E-state index contributed by atoms with van der Waals surface area (Å²) in [4.78, 5) is 0. The molecule has 1 aromatic carbocycles. The van der Waals surface area contributed by atoms with Gasteiger partial charge < -0.3 is 10.4 Å². The minimum absolute atomic E-state index is 0.286. The predicted molar refractivity (Wildman–Crippen MR) is 60.7 cm³/mol. The van der Waals surface area contributed by atoms with Gasteiger partial charge in [-0.1, -0.05) is 6.07 Å². The van der Waals surface area contributed by atoms with Crippen molar-refractivity contribution in [1.82, 2.24) is 0 Å². The van der Waals surface area contributed by atoms with Crippen molar-refractivity contribution >= 4 is 5.69 Å². The molecule has 2 heteroatoms. The molecule has 2 nitrogen and oxygen atoms in total. The van der Waals surface area contributed by atoms with Crippen molar-refractivity contribution in [2.75, 3.05) is 18.5 Å². The number of unbranched alkanes of at least 4 members (excludes halogenated alkanes) is 1. The highest BCUT2D eigenvalue weighted by Gasteiger charge is 1.94. The Morgan fingerprint density at radius 2 is 1.71 bits per heavy atom. The van der Waals surface area contributed by atoms with Crippen LogP contribution in [0.4, 0.5) is 5.69 Å². The predicted octanol–water partition coefficient (Wildman–Crippen LogP) is 2.49. The number of aryl methyl sites for hydroxylation is 2. The fourth-order valence-electron chi connectivity index (χ4n) is 1.55. The second-order valence-electron chi connectivity index (χ2n) is 3.73. The Labute approximate surface area is 86.0 Å². The van der Waals surface area contributed by atoms with Gasteiger partial charge in [-0.3, -0.25) is 0 Å². The normalized spacial score (nSPS) is 10.2. The van der Waals surface area contributed by atoms with Crippen LogP contribution in [0.3, 0.4) is 0 Å². The summed E-state index contributed by atoms with van der Waals surface area (Å²) in [6.45, 7) is 5.43. The van der Waals surface area contributed by atoms with Crippen LogP contribution in [0.1, 0.15) is 24.0 Å². The summed E-state index contributed by atoms with van der Waals surface area (Å²) in [5, 5.41) is 12.0. The van der Waals surface area contributed by atoms with Gasteiger partial charge in [0.25, 0.3) is 0 Å². The van der Waals surface area contributed by atoms with Gasteiger partial charge in [0.2, 0.25) is 0 Å². The SMILES string of the molecule is Cc1cc(C)cc(NCCCCO)c1. The van der Waals surface area contributed by atoms with Crippen molar-refractivity contribution in [3.05, 3.63) is 29.3 Å². The number of nitrogens with one attached hydrogen (secondary N) is 1. The van der Waals surface area contributed by atoms with Crippen molar-refractivity contribution in [3.63, 3.8) is 0 Å². The van der Waals surface area contributed by atoms with E-state index in [9.17, 15) is 0 Å². The van der Waals surface area contributed by atoms with Crippen molar-refractivity contribution in [3.8, 4) is 0 Å². The average Bonchev–Trinajstić information content (AvgIpc) is 2.11. The van der Waals surface area contributed by atoms with Gasteiger partial charge in [-0.2, -0.15) is 0 Å². The molecule has 0 aliphatic carbocycles. The Morgan fingerprint density at radius 3 is 2.29 bits per heavy atom. The molecule has 14 heavy (non-hydrogen) atoms.